The number of methoxy groups -OCH3 is 1. The van der Waals surface area contributed by atoms with Crippen LogP contribution < -0.4 is 0 Å². The molecule has 70 valence electrons. The number of nitrogens with zero attached hydrogens (tertiary/aromatic N) is 2. The maximum Gasteiger partial charge on any atom is 0.309 e. The molecule has 2 rings (SSSR count). The zero-order chi connectivity index (χ0) is 9.42. The van der Waals surface area contributed by atoms with Crippen molar-refractivity contribution in [2.75, 3.05) is 7.11 Å². The van der Waals surface area contributed by atoms with Crippen LogP contribution in [-0.2, 0) is 29.4 Å². The number of carbonyl (C=O) groups is 1. The molecule has 0 radical (unpaired) electrons. The molecule has 1 aromatic rings. The monoisotopic (exact) mass is 180 g/mol. The molecule has 1 heterocycles. The van der Waals surface area contributed by atoms with Crippen molar-refractivity contribution in [3.8, 4) is 0 Å². The van der Waals surface area contributed by atoms with E-state index in [1.54, 1.807) is 4.68 Å². The van der Waals surface area contributed by atoms with Gasteiger partial charge in [-0.25, -0.2) is 0 Å². The predicted octanol–water partition coefficient (Wildman–Crippen LogP) is 0.308. The third-order valence-corrected chi connectivity index (χ3v) is 2.43. The summed E-state index contributed by atoms with van der Waals surface area (Å²) in [5, 5.41) is 4.27. The molecule has 0 N–H and O–H groups in total. The molecule has 0 aliphatic heterocycles. The topological polar surface area (TPSA) is 44.1 Å². The Hall–Kier alpha value is -1.32. The first-order chi connectivity index (χ1) is 6.20. The van der Waals surface area contributed by atoms with E-state index in [1.165, 1.54) is 12.7 Å². The molecule has 0 spiro atoms. The number of fused-ring (bicyclic) bond motifs is 1. The quantitative estimate of drug-likeness (QED) is 0.584. The Morgan fingerprint density at radius 1 is 1.69 bits per heavy atom. The van der Waals surface area contributed by atoms with Crippen LogP contribution >= 0.6 is 0 Å². The minimum absolute atomic E-state index is 0.0105. The highest BCUT2D eigenvalue weighted by Gasteiger charge is 2.30. The van der Waals surface area contributed by atoms with Gasteiger partial charge in [0.05, 0.1) is 18.7 Å². The van der Waals surface area contributed by atoms with Gasteiger partial charge in [-0.2, -0.15) is 5.10 Å². The van der Waals surface area contributed by atoms with Gasteiger partial charge >= 0.3 is 5.97 Å². The SMILES string of the molecule is COC(=O)C1Cc2cn(C)nc2C1. The summed E-state index contributed by atoms with van der Waals surface area (Å²) in [5.74, 6) is -0.135. The van der Waals surface area contributed by atoms with Gasteiger partial charge < -0.3 is 4.74 Å². The molecule has 0 aromatic carbocycles. The highest BCUT2D eigenvalue weighted by Crippen LogP contribution is 2.25. The van der Waals surface area contributed by atoms with E-state index >= 15 is 0 Å². The number of ether oxygens (including phenoxy) is 1. The second kappa shape index (κ2) is 2.87. The van der Waals surface area contributed by atoms with Crippen LogP contribution in [0.5, 0.6) is 0 Å². The van der Waals surface area contributed by atoms with Crippen LogP contribution in [0.1, 0.15) is 11.3 Å². The maximum absolute atomic E-state index is 11.2. The molecule has 0 saturated heterocycles. The maximum atomic E-state index is 11.2. The van der Waals surface area contributed by atoms with Gasteiger partial charge in [0.25, 0.3) is 0 Å². The lowest BCUT2D eigenvalue weighted by molar-refractivity contribution is -0.145. The molecule has 4 nitrogen and oxygen atoms in total. The molecule has 0 amide bonds. The van der Waals surface area contributed by atoms with Crippen molar-refractivity contribution in [1.29, 1.82) is 0 Å². The molecular formula is C9H12N2O2. The fourth-order valence-electron chi connectivity index (χ4n) is 1.83. The smallest absolute Gasteiger partial charge is 0.309 e. The summed E-state index contributed by atoms with van der Waals surface area (Å²) in [6, 6.07) is 0. The van der Waals surface area contributed by atoms with E-state index in [9.17, 15) is 4.79 Å². The minimum atomic E-state index is -0.124. The summed E-state index contributed by atoms with van der Waals surface area (Å²) < 4.78 is 6.48. The van der Waals surface area contributed by atoms with Gasteiger partial charge in [-0.1, -0.05) is 0 Å². The van der Waals surface area contributed by atoms with Crippen LogP contribution in [0.25, 0.3) is 0 Å². The molecule has 4 heteroatoms. The molecule has 0 bridgehead atoms. The molecule has 1 aliphatic rings. The van der Waals surface area contributed by atoms with Crippen LogP contribution in [0.3, 0.4) is 0 Å². The van der Waals surface area contributed by atoms with Gasteiger partial charge in [-0.05, 0) is 12.0 Å². The first-order valence-electron chi connectivity index (χ1n) is 4.30. The van der Waals surface area contributed by atoms with Crippen molar-refractivity contribution in [2.45, 2.75) is 12.8 Å². The fraction of sp³-hybridized carbons (Fsp3) is 0.556. The Balaban J connectivity index is 2.15. The van der Waals surface area contributed by atoms with Crippen molar-refractivity contribution in [3.05, 3.63) is 17.5 Å². The van der Waals surface area contributed by atoms with Crippen LogP contribution in [0.4, 0.5) is 0 Å². The number of aromatic nitrogens is 2. The van der Waals surface area contributed by atoms with Gasteiger partial charge in [0.2, 0.25) is 0 Å². The largest absolute Gasteiger partial charge is 0.469 e. The van der Waals surface area contributed by atoms with Crippen LogP contribution in [0.2, 0.25) is 0 Å². The number of rotatable bonds is 1. The third kappa shape index (κ3) is 1.32. The Labute approximate surface area is 76.5 Å². The summed E-state index contributed by atoms with van der Waals surface area (Å²) in [7, 11) is 3.32. The van der Waals surface area contributed by atoms with Crippen molar-refractivity contribution < 1.29 is 9.53 Å². The highest BCUT2D eigenvalue weighted by molar-refractivity contribution is 5.74. The molecule has 1 unspecified atom stereocenters. The lowest BCUT2D eigenvalue weighted by Gasteiger charge is -2.05. The normalized spacial score (nSPS) is 20.0. The van der Waals surface area contributed by atoms with Gasteiger partial charge in [-0.15, -0.1) is 0 Å². The first kappa shape index (κ1) is 8.29. The Kier molecular flexibility index (Phi) is 1.83. The second-order valence-electron chi connectivity index (χ2n) is 3.40. The van der Waals surface area contributed by atoms with Crippen LogP contribution in [0.15, 0.2) is 6.20 Å². The van der Waals surface area contributed by atoms with Gasteiger partial charge in [0, 0.05) is 19.7 Å². The minimum Gasteiger partial charge on any atom is -0.469 e. The Morgan fingerprint density at radius 3 is 3.08 bits per heavy atom. The lowest BCUT2D eigenvalue weighted by Crippen LogP contribution is -2.16. The average Bonchev–Trinajstić information content (AvgIpc) is 2.59. The van der Waals surface area contributed by atoms with E-state index < -0.39 is 0 Å². The Morgan fingerprint density at radius 2 is 2.46 bits per heavy atom. The van der Waals surface area contributed by atoms with Crippen LogP contribution in [-0.4, -0.2) is 22.9 Å². The number of esters is 1. The van der Waals surface area contributed by atoms with Gasteiger partial charge in [-0.3, -0.25) is 9.48 Å². The molecule has 0 saturated carbocycles. The predicted molar refractivity (Wildman–Crippen MR) is 46.1 cm³/mol. The molecule has 1 aromatic heterocycles. The average molecular weight is 180 g/mol. The highest BCUT2D eigenvalue weighted by atomic mass is 16.5. The summed E-state index contributed by atoms with van der Waals surface area (Å²) in [6.45, 7) is 0. The zero-order valence-electron chi connectivity index (χ0n) is 7.78. The molecule has 1 atom stereocenters. The summed E-state index contributed by atoms with van der Waals surface area (Å²) in [6.07, 6.45) is 3.47. The van der Waals surface area contributed by atoms with Gasteiger partial charge in [0.1, 0.15) is 0 Å². The van der Waals surface area contributed by atoms with Crippen molar-refractivity contribution in [3.63, 3.8) is 0 Å². The standard InChI is InChI=1S/C9H12N2O2/c1-11-5-7-3-6(9(12)13-2)4-8(7)10-11/h5-6H,3-4H2,1-2H3. The second-order valence-corrected chi connectivity index (χ2v) is 3.40. The molecular weight excluding hydrogens is 168 g/mol. The summed E-state index contributed by atoms with van der Waals surface area (Å²) >= 11 is 0. The first-order valence-corrected chi connectivity index (χ1v) is 4.30. The summed E-state index contributed by atoms with van der Waals surface area (Å²) in [4.78, 5) is 11.2. The molecule has 0 fully saturated rings. The van der Waals surface area contributed by atoms with E-state index in [0.717, 1.165) is 18.5 Å². The number of hydrogen-bond acceptors (Lipinski definition) is 3. The zero-order valence-corrected chi connectivity index (χ0v) is 7.78. The van der Waals surface area contributed by atoms with Crippen molar-refractivity contribution in [1.82, 2.24) is 9.78 Å². The molecule has 1 aliphatic carbocycles. The Bertz CT molecular complexity index is 320. The van der Waals surface area contributed by atoms with E-state index in [0.29, 0.717) is 0 Å². The lowest BCUT2D eigenvalue weighted by atomic mass is 10.1. The number of aryl methyl sites for hydroxylation is 1. The number of hydrogen-bond donors (Lipinski definition) is 0. The van der Waals surface area contributed by atoms with E-state index in [4.69, 9.17) is 4.74 Å². The van der Waals surface area contributed by atoms with Gasteiger partial charge in [0.15, 0.2) is 0 Å². The van der Waals surface area contributed by atoms with Crippen LogP contribution in [0, 0.1) is 5.92 Å². The number of carbonyl (C=O) groups excluding carboxylic acids is 1. The fourth-order valence-corrected chi connectivity index (χ4v) is 1.83. The van der Waals surface area contributed by atoms with Crippen molar-refractivity contribution in [2.24, 2.45) is 13.0 Å². The van der Waals surface area contributed by atoms with E-state index in [1.807, 2.05) is 13.2 Å². The van der Waals surface area contributed by atoms with E-state index in [-0.39, 0.29) is 11.9 Å². The summed E-state index contributed by atoms with van der Waals surface area (Å²) in [5.41, 5.74) is 2.22. The third-order valence-electron chi connectivity index (χ3n) is 2.43. The van der Waals surface area contributed by atoms with Crippen molar-refractivity contribution >= 4 is 5.97 Å². The molecule has 13 heavy (non-hydrogen) atoms. The van der Waals surface area contributed by atoms with E-state index in [2.05, 4.69) is 5.10 Å².